The van der Waals surface area contributed by atoms with Crippen molar-refractivity contribution < 1.29 is 23.8 Å². The fourth-order valence-electron chi connectivity index (χ4n) is 1.41. The maximum absolute atomic E-state index is 13.5. The van der Waals surface area contributed by atoms with E-state index in [-0.39, 0.29) is 16.8 Å². The molecule has 0 bridgehead atoms. The minimum Gasteiger partial charge on any atom is -0.505 e. The highest BCUT2D eigenvalue weighted by Crippen LogP contribution is 2.31. The van der Waals surface area contributed by atoms with E-state index < -0.39 is 23.3 Å². The van der Waals surface area contributed by atoms with Gasteiger partial charge in [-0.2, -0.15) is 0 Å². The normalized spacial score (nSPS) is 11.0. The summed E-state index contributed by atoms with van der Waals surface area (Å²) in [6.45, 7) is 6.35. The molecule has 1 amide bonds. The molecule has 0 aliphatic carbocycles. The lowest BCUT2D eigenvalue weighted by Crippen LogP contribution is -2.27. The molecule has 0 radical (unpaired) electrons. The number of benzene rings is 1. The monoisotopic (exact) mass is 269 g/mol. The molecule has 2 N–H and O–H groups in total. The summed E-state index contributed by atoms with van der Waals surface area (Å²) < 4.78 is 18.5. The maximum Gasteiger partial charge on any atom is 0.412 e. The van der Waals surface area contributed by atoms with E-state index in [1.165, 1.54) is 6.92 Å². The van der Waals surface area contributed by atoms with Gasteiger partial charge in [0.05, 0.1) is 11.3 Å². The molecule has 0 aliphatic rings. The highest BCUT2D eigenvalue weighted by Gasteiger charge is 2.20. The molecule has 0 saturated carbocycles. The van der Waals surface area contributed by atoms with Crippen molar-refractivity contribution in [2.45, 2.75) is 33.3 Å². The molecule has 0 spiro atoms. The largest absolute Gasteiger partial charge is 0.505 e. The molecule has 0 aliphatic heterocycles. The average Bonchev–Trinajstić information content (AvgIpc) is 2.24. The molecule has 0 unspecified atom stereocenters. The number of aldehydes is 1. The molecule has 0 fully saturated rings. The van der Waals surface area contributed by atoms with Gasteiger partial charge in [0.25, 0.3) is 0 Å². The first-order valence-electron chi connectivity index (χ1n) is 5.63. The van der Waals surface area contributed by atoms with E-state index in [9.17, 15) is 19.1 Å². The number of nitrogens with one attached hydrogen (secondary N) is 1. The summed E-state index contributed by atoms with van der Waals surface area (Å²) in [4.78, 5) is 22.3. The van der Waals surface area contributed by atoms with Gasteiger partial charge < -0.3 is 9.84 Å². The van der Waals surface area contributed by atoms with E-state index >= 15 is 0 Å². The van der Waals surface area contributed by atoms with E-state index in [1.54, 1.807) is 20.8 Å². The second kappa shape index (κ2) is 5.26. The minimum atomic E-state index is -0.845. The molecule has 1 aromatic rings. The van der Waals surface area contributed by atoms with Crippen LogP contribution in [0.5, 0.6) is 5.75 Å². The van der Waals surface area contributed by atoms with Crippen molar-refractivity contribution in [3.63, 3.8) is 0 Å². The van der Waals surface area contributed by atoms with Gasteiger partial charge in [0, 0.05) is 6.07 Å². The zero-order chi connectivity index (χ0) is 14.8. The Bertz CT molecular complexity index is 520. The third-order valence-corrected chi connectivity index (χ3v) is 2.30. The van der Waals surface area contributed by atoms with Gasteiger partial charge in [0.1, 0.15) is 17.2 Å². The number of amides is 1. The molecule has 0 atom stereocenters. The van der Waals surface area contributed by atoms with Gasteiger partial charge in [-0.1, -0.05) is 0 Å². The molecule has 0 heterocycles. The Labute approximate surface area is 110 Å². The number of carbonyl (C=O) groups excluding carboxylic acids is 2. The van der Waals surface area contributed by atoms with E-state index in [0.717, 1.165) is 6.07 Å². The van der Waals surface area contributed by atoms with Crippen LogP contribution in [0.4, 0.5) is 14.9 Å². The zero-order valence-corrected chi connectivity index (χ0v) is 11.2. The molecule has 6 heteroatoms. The van der Waals surface area contributed by atoms with Gasteiger partial charge in [-0.15, -0.1) is 0 Å². The van der Waals surface area contributed by atoms with E-state index in [4.69, 9.17) is 4.74 Å². The lowest BCUT2D eigenvalue weighted by molar-refractivity contribution is 0.0635. The lowest BCUT2D eigenvalue weighted by atomic mass is 10.1. The predicted molar refractivity (Wildman–Crippen MR) is 68.0 cm³/mol. The van der Waals surface area contributed by atoms with Crippen LogP contribution in [-0.2, 0) is 4.74 Å². The van der Waals surface area contributed by atoms with Crippen LogP contribution in [0.1, 0.15) is 36.7 Å². The van der Waals surface area contributed by atoms with Crippen molar-refractivity contribution in [3.05, 3.63) is 23.0 Å². The Kier molecular flexibility index (Phi) is 4.14. The van der Waals surface area contributed by atoms with Gasteiger partial charge in [0.15, 0.2) is 6.29 Å². The molecule has 19 heavy (non-hydrogen) atoms. The van der Waals surface area contributed by atoms with Crippen LogP contribution in [0, 0.1) is 12.7 Å². The Balaban J connectivity index is 3.06. The molecule has 5 nitrogen and oxygen atoms in total. The average molecular weight is 269 g/mol. The number of anilines is 1. The zero-order valence-electron chi connectivity index (χ0n) is 11.2. The number of halogens is 1. The Morgan fingerprint density at radius 1 is 1.47 bits per heavy atom. The molecule has 1 rings (SSSR count). The first-order chi connectivity index (χ1) is 8.65. The first kappa shape index (κ1) is 14.9. The van der Waals surface area contributed by atoms with Crippen LogP contribution >= 0.6 is 0 Å². The van der Waals surface area contributed by atoms with Crippen LogP contribution in [0.25, 0.3) is 0 Å². The fourth-order valence-corrected chi connectivity index (χ4v) is 1.41. The highest BCUT2D eigenvalue weighted by atomic mass is 19.1. The number of aromatic hydroxyl groups is 1. The summed E-state index contributed by atoms with van der Waals surface area (Å²) in [5, 5.41) is 12.0. The van der Waals surface area contributed by atoms with E-state index in [0.29, 0.717) is 6.29 Å². The van der Waals surface area contributed by atoms with Crippen molar-refractivity contribution >= 4 is 18.1 Å². The summed E-state index contributed by atoms with van der Waals surface area (Å²) in [5.74, 6) is -1.19. The summed E-state index contributed by atoms with van der Waals surface area (Å²) in [7, 11) is 0. The Morgan fingerprint density at radius 3 is 2.53 bits per heavy atom. The number of hydrogen-bond donors (Lipinski definition) is 2. The number of phenols is 1. The number of rotatable bonds is 2. The van der Waals surface area contributed by atoms with E-state index in [2.05, 4.69) is 5.32 Å². The smallest absolute Gasteiger partial charge is 0.412 e. The van der Waals surface area contributed by atoms with Crippen molar-refractivity contribution in [3.8, 4) is 5.75 Å². The summed E-state index contributed by atoms with van der Waals surface area (Å²) in [6.07, 6.45) is -0.517. The molecule has 1 aromatic carbocycles. The summed E-state index contributed by atoms with van der Waals surface area (Å²) in [6, 6.07) is 0.932. The number of carbonyl (C=O) groups is 2. The second-order valence-corrected chi connectivity index (χ2v) is 5.04. The van der Waals surface area contributed by atoms with E-state index in [1.807, 2.05) is 0 Å². The summed E-state index contributed by atoms with van der Waals surface area (Å²) >= 11 is 0. The minimum absolute atomic E-state index is 0.0160. The first-order valence-corrected chi connectivity index (χ1v) is 5.63. The van der Waals surface area contributed by atoms with Crippen molar-refractivity contribution in [1.29, 1.82) is 0 Å². The second-order valence-electron chi connectivity index (χ2n) is 5.04. The predicted octanol–water partition coefficient (Wildman–Crippen LogP) is 3.00. The number of phenolic OH excluding ortho intramolecular Hbond substituents is 1. The topological polar surface area (TPSA) is 75.6 Å². The van der Waals surface area contributed by atoms with Gasteiger partial charge in [0.2, 0.25) is 0 Å². The van der Waals surface area contributed by atoms with Crippen LogP contribution in [0.3, 0.4) is 0 Å². The maximum atomic E-state index is 13.5. The van der Waals surface area contributed by atoms with Gasteiger partial charge >= 0.3 is 6.09 Å². The number of hydrogen-bond acceptors (Lipinski definition) is 4. The third-order valence-electron chi connectivity index (χ3n) is 2.30. The summed E-state index contributed by atoms with van der Waals surface area (Å²) in [5.41, 5.74) is -1.12. The van der Waals surface area contributed by atoms with Crippen LogP contribution in [0.15, 0.2) is 6.07 Å². The van der Waals surface area contributed by atoms with Crippen LogP contribution in [-0.4, -0.2) is 23.1 Å². The van der Waals surface area contributed by atoms with Crippen LogP contribution in [0.2, 0.25) is 0 Å². The van der Waals surface area contributed by atoms with Gasteiger partial charge in [-0.25, -0.2) is 9.18 Å². The van der Waals surface area contributed by atoms with Crippen molar-refractivity contribution in [2.24, 2.45) is 0 Å². The van der Waals surface area contributed by atoms with Crippen molar-refractivity contribution in [1.82, 2.24) is 0 Å². The quantitative estimate of drug-likeness (QED) is 0.639. The molecular weight excluding hydrogens is 253 g/mol. The van der Waals surface area contributed by atoms with Crippen LogP contribution < -0.4 is 5.32 Å². The lowest BCUT2D eigenvalue weighted by Gasteiger charge is -2.20. The number of ether oxygens (including phenoxy) is 1. The molecular formula is C13H16FNO4. The molecule has 0 saturated heterocycles. The standard InChI is InChI=1S/C13H16FNO4/c1-7-8(6-16)11(17)10(5-9(7)14)15-12(18)19-13(2,3)4/h5-6,17H,1-4H3,(H,15,18). The molecule has 104 valence electrons. The van der Waals surface area contributed by atoms with Gasteiger partial charge in [-0.05, 0) is 33.3 Å². The van der Waals surface area contributed by atoms with Crippen molar-refractivity contribution in [2.75, 3.05) is 5.32 Å². The fraction of sp³-hybridized carbons (Fsp3) is 0.385. The third kappa shape index (κ3) is 3.67. The SMILES string of the molecule is Cc1c(F)cc(NC(=O)OC(C)(C)C)c(O)c1C=O. The Morgan fingerprint density at radius 2 is 2.05 bits per heavy atom. The Hall–Kier alpha value is -2.11. The highest BCUT2D eigenvalue weighted by molar-refractivity contribution is 5.92. The molecule has 0 aromatic heterocycles. The van der Waals surface area contributed by atoms with Gasteiger partial charge in [-0.3, -0.25) is 10.1 Å².